The molecule has 0 spiro atoms. The van der Waals surface area contributed by atoms with Crippen LogP contribution in [0.25, 0.3) is 0 Å². The maximum absolute atomic E-state index is 11.2. The van der Waals surface area contributed by atoms with E-state index < -0.39 is 24.5 Å². The standard InChI is InChI=1S/C11H20N2O5/c12-10(17)6-2-1-3-13(4-6)11-9(16)8(15)7(5-14)18-11/h6-9,11,14-16H,1-5H2,(H2,12,17)/t6?,7-,8-,9-,11-/m1/s1. The maximum Gasteiger partial charge on any atom is 0.221 e. The predicted octanol–water partition coefficient (Wildman–Crippen LogP) is -2.38. The Morgan fingerprint density at radius 3 is 2.67 bits per heavy atom. The number of likely N-dealkylation sites (tertiary alicyclic amines) is 1. The van der Waals surface area contributed by atoms with Crippen LogP contribution in [0.15, 0.2) is 0 Å². The van der Waals surface area contributed by atoms with Crippen LogP contribution < -0.4 is 5.73 Å². The van der Waals surface area contributed by atoms with Crippen molar-refractivity contribution in [2.24, 2.45) is 11.7 Å². The predicted molar refractivity (Wildman–Crippen MR) is 61.3 cm³/mol. The summed E-state index contributed by atoms with van der Waals surface area (Å²) in [5.41, 5.74) is 5.29. The van der Waals surface area contributed by atoms with Crippen molar-refractivity contribution in [3.05, 3.63) is 0 Å². The molecule has 1 amide bonds. The van der Waals surface area contributed by atoms with Crippen molar-refractivity contribution in [2.75, 3.05) is 19.7 Å². The number of primary amides is 1. The number of rotatable bonds is 3. The van der Waals surface area contributed by atoms with Gasteiger partial charge in [-0.3, -0.25) is 9.69 Å². The molecule has 0 radical (unpaired) electrons. The largest absolute Gasteiger partial charge is 0.394 e. The Kier molecular flexibility index (Phi) is 4.18. The third-order valence-electron chi connectivity index (χ3n) is 3.73. The van der Waals surface area contributed by atoms with Crippen molar-refractivity contribution in [1.82, 2.24) is 4.90 Å². The number of carbonyl (C=O) groups is 1. The second kappa shape index (κ2) is 5.50. The van der Waals surface area contributed by atoms with E-state index in [1.807, 2.05) is 4.90 Å². The minimum atomic E-state index is -1.10. The molecular weight excluding hydrogens is 240 g/mol. The minimum absolute atomic E-state index is 0.250. The van der Waals surface area contributed by atoms with Crippen LogP contribution in [-0.2, 0) is 9.53 Å². The van der Waals surface area contributed by atoms with E-state index in [1.165, 1.54) is 0 Å². The summed E-state index contributed by atoms with van der Waals surface area (Å²) in [7, 11) is 0. The van der Waals surface area contributed by atoms with Gasteiger partial charge < -0.3 is 25.8 Å². The Hall–Kier alpha value is -0.730. The highest BCUT2D eigenvalue weighted by atomic mass is 16.6. The first kappa shape index (κ1) is 13.7. The Morgan fingerprint density at radius 2 is 2.11 bits per heavy atom. The van der Waals surface area contributed by atoms with Gasteiger partial charge in [0.1, 0.15) is 24.5 Å². The Balaban J connectivity index is 2.01. The van der Waals surface area contributed by atoms with Gasteiger partial charge in [-0.25, -0.2) is 0 Å². The number of hydrogen-bond donors (Lipinski definition) is 4. The maximum atomic E-state index is 11.2. The molecule has 2 heterocycles. The lowest BCUT2D eigenvalue weighted by atomic mass is 9.96. The second-order valence-electron chi connectivity index (χ2n) is 4.97. The van der Waals surface area contributed by atoms with Gasteiger partial charge in [0.05, 0.1) is 12.5 Å². The first-order chi connectivity index (χ1) is 8.54. The summed E-state index contributed by atoms with van der Waals surface area (Å²) >= 11 is 0. The SMILES string of the molecule is NC(=O)C1CCCN([C@@H]2O[C@H](CO)[C@@H](O)[C@H]2O)C1. The van der Waals surface area contributed by atoms with Gasteiger partial charge in [-0.1, -0.05) is 0 Å². The van der Waals surface area contributed by atoms with Crippen molar-refractivity contribution >= 4 is 5.91 Å². The number of carbonyl (C=O) groups excluding carboxylic acids is 1. The number of aliphatic hydroxyl groups is 3. The van der Waals surface area contributed by atoms with Crippen molar-refractivity contribution < 1.29 is 24.9 Å². The Labute approximate surface area is 105 Å². The lowest BCUT2D eigenvalue weighted by molar-refractivity contribution is -0.131. The van der Waals surface area contributed by atoms with Gasteiger partial charge in [-0.2, -0.15) is 0 Å². The topological polar surface area (TPSA) is 116 Å². The van der Waals surface area contributed by atoms with Crippen LogP contribution in [0.5, 0.6) is 0 Å². The number of piperidine rings is 1. The fourth-order valence-corrected chi connectivity index (χ4v) is 2.65. The zero-order valence-electron chi connectivity index (χ0n) is 10.1. The van der Waals surface area contributed by atoms with E-state index >= 15 is 0 Å². The number of amides is 1. The van der Waals surface area contributed by atoms with Gasteiger partial charge in [0, 0.05) is 13.1 Å². The molecule has 2 fully saturated rings. The fraction of sp³-hybridized carbons (Fsp3) is 0.909. The van der Waals surface area contributed by atoms with E-state index in [2.05, 4.69) is 0 Å². The van der Waals surface area contributed by atoms with Crippen LogP contribution in [-0.4, -0.2) is 70.4 Å². The first-order valence-corrected chi connectivity index (χ1v) is 6.20. The van der Waals surface area contributed by atoms with E-state index in [9.17, 15) is 15.0 Å². The van der Waals surface area contributed by atoms with Crippen LogP contribution in [0.4, 0.5) is 0 Å². The molecule has 1 unspecified atom stereocenters. The molecule has 7 nitrogen and oxygen atoms in total. The third kappa shape index (κ3) is 2.50. The van der Waals surface area contributed by atoms with E-state index in [1.54, 1.807) is 0 Å². The van der Waals surface area contributed by atoms with Crippen LogP contribution in [0.2, 0.25) is 0 Å². The van der Waals surface area contributed by atoms with Crippen LogP contribution >= 0.6 is 0 Å². The van der Waals surface area contributed by atoms with Gasteiger partial charge in [0.2, 0.25) is 5.91 Å². The van der Waals surface area contributed by atoms with Crippen LogP contribution in [0, 0.1) is 5.92 Å². The molecule has 5 atom stereocenters. The zero-order chi connectivity index (χ0) is 13.3. The molecule has 0 aliphatic carbocycles. The molecule has 2 saturated heterocycles. The molecule has 0 saturated carbocycles. The van der Waals surface area contributed by atoms with E-state index in [0.717, 1.165) is 12.8 Å². The molecule has 0 aromatic rings. The summed E-state index contributed by atoms with van der Waals surface area (Å²) in [5, 5.41) is 28.6. The zero-order valence-corrected chi connectivity index (χ0v) is 10.1. The second-order valence-corrected chi connectivity index (χ2v) is 4.97. The van der Waals surface area contributed by atoms with Crippen molar-refractivity contribution in [3.63, 3.8) is 0 Å². The highest BCUT2D eigenvalue weighted by Gasteiger charge is 2.46. The molecule has 2 rings (SSSR count). The van der Waals surface area contributed by atoms with E-state index in [0.29, 0.717) is 13.1 Å². The van der Waals surface area contributed by atoms with Gasteiger partial charge in [0.25, 0.3) is 0 Å². The van der Waals surface area contributed by atoms with Gasteiger partial charge in [-0.05, 0) is 12.8 Å². The summed E-state index contributed by atoms with van der Waals surface area (Å²) in [5.74, 6) is -0.605. The van der Waals surface area contributed by atoms with E-state index in [-0.39, 0.29) is 18.4 Å². The molecule has 7 heteroatoms. The monoisotopic (exact) mass is 260 g/mol. The first-order valence-electron chi connectivity index (χ1n) is 6.20. The Bertz CT molecular complexity index is 314. The summed E-state index contributed by atoms with van der Waals surface area (Å²) in [6.45, 7) is 0.750. The third-order valence-corrected chi connectivity index (χ3v) is 3.73. The molecule has 0 bridgehead atoms. The summed E-state index contributed by atoms with van der Waals surface area (Å²) < 4.78 is 5.43. The smallest absolute Gasteiger partial charge is 0.221 e. The molecule has 0 aromatic heterocycles. The number of hydrogen-bond acceptors (Lipinski definition) is 6. The van der Waals surface area contributed by atoms with Crippen LogP contribution in [0.1, 0.15) is 12.8 Å². The normalized spacial score (nSPS) is 42.1. The molecule has 18 heavy (non-hydrogen) atoms. The highest BCUT2D eigenvalue weighted by Crippen LogP contribution is 2.27. The number of nitrogens with zero attached hydrogens (tertiary/aromatic N) is 1. The number of aliphatic hydroxyl groups excluding tert-OH is 3. The molecular formula is C11H20N2O5. The summed E-state index contributed by atoms with van der Waals surface area (Å²) in [4.78, 5) is 13.0. The van der Waals surface area contributed by atoms with Gasteiger partial charge >= 0.3 is 0 Å². The number of nitrogens with two attached hydrogens (primary N) is 1. The molecule has 2 aliphatic rings. The van der Waals surface area contributed by atoms with Crippen molar-refractivity contribution in [1.29, 1.82) is 0 Å². The molecule has 104 valence electrons. The lowest BCUT2D eigenvalue weighted by Gasteiger charge is -2.36. The molecule has 5 N–H and O–H groups in total. The van der Waals surface area contributed by atoms with Crippen LogP contribution in [0.3, 0.4) is 0 Å². The minimum Gasteiger partial charge on any atom is -0.394 e. The van der Waals surface area contributed by atoms with Gasteiger partial charge in [-0.15, -0.1) is 0 Å². The highest BCUT2D eigenvalue weighted by molar-refractivity contribution is 5.76. The van der Waals surface area contributed by atoms with E-state index in [4.69, 9.17) is 15.6 Å². The van der Waals surface area contributed by atoms with Crippen molar-refractivity contribution in [2.45, 2.75) is 37.4 Å². The number of ether oxygens (including phenoxy) is 1. The summed E-state index contributed by atoms with van der Waals surface area (Å²) in [6, 6.07) is 0. The lowest BCUT2D eigenvalue weighted by Crippen LogP contribution is -2.50. The Morgan fingerprint density at radius 1 is 1.39 bits per heavy atom. The quantitative estimate of drug-likeness (QED) is 0.450. The fourth-order valence-electron chi connectivity index (χ4n) is 2.65. The van der Waals surface area contributed by atoms with Gasteiger partial charge in [0.15, 0.2) is 0 Å². The average molecular weight is 260 g/mol. The average Bonchev–Trinajstić information content (AvgIpc) is 2.66. The molecule has 0 aromatic carbocycles. The molecule has 2 aliphatic heterocycles. The van der Waals surface area contributed by atoms with Crippen molar-refractivity contribution in [3.8, 4) is 0 Å². The summed E-state index contributed by atoms with van der Waals surface area (Å²) in [6.07, 6.45) is -2.11.